The van der Waals surface area contributed by atoms with Crippen molar-refractivity contribution in [3.63, 3.8) is 0 Å². The number of rotatable bonds is 59. The number of hydrogen-bond acceptors (Lipinski definition) is 23. The van der Waals surface area contributed by atoms with E-state index < -0.39 is 126 Å². The summed E-state index contributed by atoms with van der Waals surface area (Å²) in [5, 5.41) is 27.7. The number of aliphatic hydroxyl groups is 1. The molecule has 34 nitrogen and oxygen atoms in total. The van der Waals surface area contributed by atoms with Gasteiger partial charge in [-0.2, -0.15) is 0 Å². The van der Waals surface area contributed by atoms with E-state index in [2.05, 4.69) is 31.9 Å². The van der Waals surface area contributed by atoms with Crippen molar-refractivity contribution in [3.05, 3.63) is 77.9 Å². The van der Waals surface area contributed by atoms with Gasteiger partial charge in [0.05, 0.1) is 161 Å². The highest BCUT2D eigenvalue weighted by molar-refractivity contribution is 6.12. The summed E-state index contributed by atoms with van der Waals surface area (Å²) < 4.78 is 61.8. The molecule has 9 N–H and O–H groups in total. The van der Waals surface area contributed by atoms with E-state index >= 15 is 0 Å². The second-order valence-corrected chi connectivity index (χ2v) is 29.6. The van der Waals surface area contributed by atoms with E-state index in [0.717, 1.165) is 4.90 Å². The van der Waals surface area contributed by atoms with Crippen molar-refractivity contribution in [1.82, 2.24) is 46.2 Å². The summed E-state index contributed by atoms with van der Waals surface area (Å²) in [5.41, 5.74) is 6.79. The van der Waals surface area contributed by atoms with E-state index in [1.807, 2.05) is 32.0 Å². The molecule has 115 heavy (non-hydrogen) atoms. The summed E-state index contributed by atoms with van der Waals surface area (Å²) in [6, 6.07) is 8.67. The fourth-order valence-corrected chi connectivity index (χ4v) is 13.3. The van der Waals surface area contributed by atoms with Gasteiger partial charge in [-0.3, -0.25) is 53.0 Å². The van der Waals surface area contributed by atoms with Gasteiger partial charge in [0.15, 0.2) is 0 Å². The van der Waals surface area contributed by atoms with Gasteiger partial charge in [-0.15, -0.1) is 0 Å². The number of nitrogens with two attached hydrogens (primary N) is 1. The Balaban J connectivity index is 1.19. The first kappa shape index (κ1) is 99.1. The topological polar surface area (TPSA) is 421 Å². The molecule has 0 saturated carbocycles. The maximum Gasteiger partial charge on any atom is 0.410 e. The number of aliphatic hydroxyl groups excluding tert-OH is 1. The molecule has 0 bridgehead atoms. The lowest BCUT2D eigenvalue weighted by Gasteiger charge is -2.41. The van der Waals surface area contributed by atoms with Crippen molar-refractivity contribution in [2.75, 3.05) is 159 Å². The second kappa shape index (κ2) is 54.6. The molecule has 1 saturated heterocycles. The van der Waals surface area contributed by atoms with Crippen molar-refractivity contribution < 1.29 is 110 Å². The zero-order valence-electron chi connectivity index (χ0n) is 69.9. The van der Waals surface area contributed by atoms with Crippen LogP contribution in [0.25, 0.3) is 0 Å². The number of ether oxygens (including phenoxy) is 11. The molecule has 2 aromatic rings. The highest BCUT2D eigenvalue weighted by Crippen LogP contribution is 2.31. The molecule has 0 radical (unpaired) electrons. The summed E-state index contributed by atoms with van der Waals surface area (Å²) in [6.07, 6.45) is 1.28. The highest BCUT2D eigenvalue weighted by atomic mass is 16.6. The fraction of sp³-hybridized carbons (Fsp3) is 0.691. The minimum atomic E-state index is -1.13. The van der Waals surface area contributed by atoms with Gasteiger partial charge in [0.2, 0.25) is 41.4 Å². The third kappa shape index (κ3) is 35.2. The van der Waals surface area contributed by atoms with Crippen LogP contribution in [-0.2, 0) is 102 Å². The number of anilines is 1. The van der Waals surface area contributed by atoms with Crippen molar-refractivity contribution in [3.8, 4) is 0 Å². The lowest BCUT2D eigenvalue weighted by molar-refractivity contribution is -0.148. The summed E-state index contributed by atoms with van der Waals surface area (Å²) in [7, 11) is 6.08. The Bertz CT molecular complexity index is 3280. The Morgan fingerprint density at radius 2 is 1.13 bits per heavy atom. The molecule has 34 heteroatoms. The first-order valence-corrected chi connectivity index (χ1v) is 40.0. The monoisotopic (exact) mass is 1630 g/mol. The van der Waals surface area contributed by atoms with Crippen LogP contribution in [0.5, 0.6) is 0 Å². The van der Waals surface area contributed by atoms with Crippen molar-refractivity contribution in [2.45, 2.75) is 181 Å². The molecule has 0 spiro atoms. The molecule has 4 rings (SSSR count). The van der Waals surface area contributed by atoms with E-state index in [1.54, 1.807) is 109 Å². The average molecular weight is 1630 g/mol. The average Bonchev–Trinajstić information content (AvgIpc) is 1.78. The fourth-order valence-electron chi connectivity index (χ4n) is 13.3. The minimum absolute atomic E-state index is 0.0483. The van der Waals surface area contributed by atoms with E-state index in [4.69, 9.17) is 57.8 Å². The lowest BCUT2D eigenvalue weighted by atomic mass is 9.89. The predicted molar refractivity (Wildman–Crippen MR) is 426 cm³/mol. The Morgan fingerprint density at radius 3 is 1.63 bits per heavy atom. The normalized spacial score (nSPS) is 16.4. The summed E-state index contributed by atoms with van der Waals surface area (Å²) in [4.78, 5) is 152. The van der Waals surface area contributed by atoms with Crippen LogP contribution < -0.4 is 37.6 Å². The number of primary amides is 1. The molecule has 12 amide bonds. The first-order valence-electron chi connectivity index (χ1n) is 40.0. The molecule has 648 valence electrons. The molecule has 12 atom stereocenters. The van der Waals surface area contributed by atoms with Gasteiger partial charge in [-0.05, 0) is 79.5 Å². The second-order valence-electron chi connectivity index (χ2n) is 29.6. The van der Waals surface area contributed by atoms with Gasteiger partial charge < -0.3 is 105 Å². The number of amides is 12. The Kier molecular flexibility index (Phi) is 47.0. The lowest BCUT2D eigenvalue weighted by Crippen LogP contribution is -2.60. The van der Waals surface area contributed by atoms with Gasteiger partial charge in [-0.1, -0.05) is 111 Å². The van der Waals surface area contributed by atoms with Crippen LogP contribution >= 0.6 is 0 Å². The summed E-state index contributed by atoms with van der Waals surface area (Å²) >= 11 is 0. The Hall–Kier alpha value is -8.29. The zero-order valence-corrected chi connectivity index (χ0v) is 69.9. The van der Waals surface area contributed by atoms with Gasteiger partial charge in [0.25, 0.3) is 11.8 Å². The molecule has 2 aliphatic rings. The van der Waals surface area contributed by atoms with E-state index in [9.17, 15) is 57.8 Å². The van der Waals surface area contributed by atoms with E-state index in [1.165, 1.54) is 38.3 Å². The number of imide groups is 1. The van der Waals surface area contributed by atoms with Crippen molar-refractivity contribution in [1.29, 1.82) is 0 Å². The molecule has 2 aromatic carbocycles. The number of hydrogen-bond donors (Lipinski definition) is 8. The maximum absolute atomic E-state index is 14.9. The van der Waals surface area contributed by atoms with E-state index in [-0.39, 0.29) is 101 Å². The van der Waals surface area contributed by atoms with Gasteiger partial charge in [0, 0.05) is 65.7 Å². The zero-order chi connectivity index (χ0) is 84.9. The number of likely N-dealkylation sites (tertiary alicyclic amines) is 1. The smallest absolute Gasteiger partial charge is 0.410 e. The van der Waals surface area contributed by atoms with Crippen molar-refractivity contribution >= 4 is 71.0 Å². The van der Waals surface area contributed by atoms with Crippen LogP contribution in [0.1, 0.15) is 131 Å². The molecule has 2 heterocycles. The predicted octanol–water partition coefficient (Wildman–Crippen LogP) is 4.04. The van der Waals surface area contributed by atoms with Crippen LogP contribution in [0, 0.1) is 29.6 Å². The largest absolute Gasteiger partial charge is 0.445 e. The van der Waals surface area contributed by atoms with Crippen LogP contribution in [-0.4, -0.2) is 298 Å². The third-order valence-corrected chi connectivity index (χ3v) is 20.0. The SMILES string of the molecule is CC[C@H](C)[C@@H](C(CC(=O)N1CCC[C@H]1[C@H](OC)[C@@H](C)C(=O)N[C@H](C)[C@@H](O)c1ccccc1)OC)N(C)C(=O)[C@@H](NC(=O)[C@H](C(C)C)N(C)C(=O)OCc1ccc(NC(=O)[C@H](CCCNC(N)=O)NC(=O)[C@@H](NC(=O)CCOCCOCCOCCOCCOCCOCCOCCOCCN2C(=O)C=CC2=O)C(C)C)cc1)C(C)C. The number of carbonyl (C=O) groups is 11. The van der Waals surface area contributed by atoms with Crippen LogP contribution in [0.2, 0.25) is 0 Å². The molecular formula is C81H131N11O23. The van der Waals surface area contributed by atoms with Crippen molar-refractivity contribution in [2.24, 2.45) is 35.3 Å². The summed E-state index contributed by atoms with van der Waals surface area (Å²) in [6.45, 7) is 23.7. The number of nitrogens with one attached hydrogen (secondary N) is 6. The van der Waals surface area contributed by atoms with Gasteiger partial charge in [0.1, 0.15) is 30.8 Å². The highest BCUT2D eigenvalue weighted by Gasteiger charge is 2.44. The molecule has 2 aliphatic heterocycles. The molecule has 0 aromatic heterocycles. The van der Waals surface area contributed by atoms with Crippen LogP contribution in [0.4, 0.5) is 15.3 Å². The van der Waals surface area contributed by atoms with Gasteiger partial charge >= 0.3 is 12.1 Å². The minimum Gasteiger partial charge on any atom is -0.445 e. The van der Waals surface area contributed by atoms with Gasteiger partial charge in [-0.25, -0.2) is 9.59 Å². The molecule has 0 aliphatic carbocycles. The van der Waals surface area contributed by atoms with Crippen LogP contribution in [0.3, 0.4) is 0 Å². The number of likely N-dealkylation sites (N-methyl/N-ethyl adjacent to an activating group) is 2. The molecular weight excluding hydrogens is 1490 g/mol. The quantitative estimate of drug-likeness (QED) is 0.0342. The number of benzene rings is 2. The van der Waals surface area contributed by atoms with E-state index in [0.29, 0.717) is 122 Å². The first-order chi connectivity index (χ1) is 55.0. The third-order valence-electron chi connectivity index (χ3n) is 20.0. The Labute approximate surface area is 677 Å². The maximum atomic E-state index is 14.9. The van der Waals surface area contributed by atoms with Crippen LogP contribution in [0.15, 0.2) is 66.7 Å². The number of methoxy groups -OCH3 is 2. The summed E-state index contributed by atoms with van der Waals surface area (Å²) in [5.74, 6) is -6.09. The standard InChI is InChI=1S/C81H131N11O23/c1-15-56(8)72(64(105-13)51-68(96)91-33-20-24-63(91)74(106-14)57(9)75(98)84-58(10)73(97)60-21-17-16-18-22-60)89(11)79(102)70(54(4)5)88-78(101)71(55(6)7)90(12)81(104)115-52-59-25-27-61(28-26-59)85-76(99)62(23-19-32-83-80(82)103)86-77(100)69(53(2)3)87-65(93)31-35-107-37-39-109-41-43-111-45-47-113-49-50-114-48-46-112-44-42-110-40-38-108-36-34-92-66(94)29-30-67(92)95/h16-18,21-22,25-30,53-58,62-64,69-74,97H,15,19-20,23-24,31-52H2,1-14H3,(H,84,98)(H,85,99)(H,86,100)(H,87,93)(H,88,101)(H3,82,83,103)/t56-,57+,58+,62-,63-,64?,69-,70-,71-,72-,73+,74+/m0/s1. The number of nitrogens with zero attached hydrogens (tertiary/aromatic N) is 4. The molecule has 1 fully saturated rings. The number of carbonyl (C=O) groups excluding carboxylic acids is 11. The molecule has 1 unspecified atom stereocenters. The Morgan fingerprint density at radius 1 is 0.600 bits per heavy atom. The number of urea groups is 1.